The molecule has 0 rings (SSSR count). The molecular formula is C10H20O3. The number of hydrogen-bond acceptors (Lipinski definition) is 3. The maximum atomic E-state index is 8.68. The van der Waals surface area contributed by atoms with Crippen molar-refractivity contribution in [2.45, 2.75) is 39.4 Å². The predicted molar refractivity (Wildman–Crippen MR) is 52.5 cm³/mol. The minimum absolute atomic E-state index is 0.0387. The minimum atomic E-state index is -0.110. The number of aliphatic hydroxyl groups excluding tert-OH is 1. The SMILES string of the molecule is CCC=COC(C)COC(C)CO. The number of hydrogen-bond donors (Lipinski definition) is 1. The van der Waals surface area contributed by atoms with E-state index in [-0.39, 0.29) is 18.8 Å². The summed E-state index contributed by atoms with van der Waals surface area (Å²) < 4.78 is 10.6. The summed E-state index contributed by atoms with van der Waals surface area (Å²) in [5.41, 5.74) is 0. The summed E-state index contributed by atoms with van der Waals surface area (Å²) in [7, 11) is 0. The Bertz CT molecular complexity index is 134. The zero-order valence-corrected chi connectivity index (χ0v) is 8.69. The summed E-state index contributed by atoms with van der Waals surface area (Å²) in [6.07, 6.45) is 4.54. The molecule has 78 valence electrons. The van der Waals surface area contributed by atoms with E-state index in [1.165, 1.54) is 0 Å². The molecule has 13 heavy (non-hydrogen) atoms. The lowest BCUT2D eigenvalue weighted by molar-refractivity contribution is -0.0220. The molecule has 0 radical (unpaired) electrons. The Morgan fingerprint density at radius 2 is 2.00 bits per heavy atom. The lowest BCUT2D eigenvalue weighted by Crippen LogP contribution is -2.20. The lowest BCUT2D eigenvalue weighted by Gasteiger charge is -2.14. The summed E-state index contributed by atoms with van der Waals surface area (Å²) in [6, 6.07) is 0. The molecule has 0 saturated heterocycles. The highest BCUT2D eigenvalue weighted by molar-refractivity contribution is 4.71. The van der Waals surface area contributed by atoms with Gasteiger partial charge in [0.15, 0.2) is 0 Å². The van der Waals surface area contributed by atoms with Crippen molar-refractivity contribution in [2.24, 2.45) is 0 Å². The van der Waals surface area contributed by atoms with E-state index < -0.39 is 0 Å². The monoisotopic (exact) mass is 188 g/mol. The first-order chi connectivity index (χ1) is 6.20. The van der Waals surface area contributed by atoms with E-state index in [4.69, 9.17) is 14.6 Å². The van der Waals surface area contributed by atoms with Crippen molar-refractivity contribution in [1.82, 2.24) is 0 Å². The molecule has 0 aromatic rings. The van der Waals surface area contributed by atoms with Gasteiger partial charge in [-0.25, -0.2) is 0 Å². The summed E-state index contributed by atoms with van der Waals surface area (Å²) in [4.78, 5) is 0. The van der Waals surface area contributed by atoms with Crippen LogP contribution < -0.4 is 0 Å². The lowest BCUT2D eigenvalue weighted by atomic mass is 10.4. The van der Waals surface area contributed by atoms with Gasteiger partial charge in [0, 0.05) is 0 Å². The third-order valence-corrected chi connectivity index (χ3v) is 1.52. The van der Waals surface area contributed by atoms with Crippen LogP contribution >= 0.6 is 0 Å². The van der Waals surface area contributed by atoms with Gasteiger partial charge in [-0.2, -0.15) is 0 Å². The summed E-state index contributed by atoms with van der Waals surface area (Å²) in [6.45, 7) is 6.38. The highest BCUT2D eigenvalue weighted by Crippen LogP contribution is 1.97. The van der Waals surface area contributed by atoms with Crippen LogP contribution in [0.1, 0.15) is 27.2 Å². The molecule has 0 aliphatic carbocycles. The van der Waals surface area contributed by atoms with Crippen LogP contribution in [0.5, 0.6) is 0 Å². The first-order valence-corrected chi connectivity index (χ1v) is 4.73. The van der Waals surface area contributed by atoms with Crippen molar-refractivity contribution >= 4 is 0 Å². The van der Waals surface area contributed by atoms with E-state index >= 15 is 0 Å². The highest BCUT2D eigenvalue weighted by atomic mass is 16.5. The topological polar surface area (TPSA) is 38.7 Å². The molecule has 0 aromatic heterocycles. The number of ether oxygens (including phenoxy) is 2. The van der Waals surface area contributed by atoms with E-state index in [9.17, 15) is 0 Å². The van der Waals surface area contributed by atoms with Crippen LogP contribution in [-0.4, -0.2) is 30.5 Å². The number of aliphatic hydroxyl groups is 1. The first kappa shape index (κ1) is 12.5. The molecule has 0 saturated carbocycles. The Hall–Kier alpha value is -0.540. The molecule has 0 amide bonds. The second kappa shape index (κ2) is 8.08. The van der Waals surface area contributed by atoms with Crippen LogP contribution in [0.25, 0.3) is 0 Å². The van der Waals surface area contributed by atoms with E-state index in [0.717, 1.165) is 6.42 Å². The van der Waals surface area contributed by atoms with Crippen LogP contribution in [0, 0.1) is 0 Å². The van der Waals surface area contributed by atoms with Gasteiger partial charge in [-0.05, 0) is 20.3 Å². The predicted octanol–water partition coefficient (Wildman–Crippen LogP) is 1.71. The quantitative estimate of drug-likeness (QED) is 0.618. The van der Waals surface area contributed by atoms with Crippen molar-refractivity contribution < 1.29 is 14.6 Å². The maximum absolute atomic E-state index is 8.68. The van der Waals surface area contributed by atoms with Gasteiger partial charge in [0.05, 0.1) is 25.6 Å². The largest absolute Gasteiger partial charge is 0.496 e. The standard InChI is InChI=1S/C10H20O3/c1-4-5-6-12-10(3)8-13-9(2)7-11/h5-6,9-11H,4,7-8H2,1-3H3. The van der Waals surface area contributed by atoms with Gasteiger partial charge in [-0.1, -0.05) is 13.0 Å². The third-order valence-electron chi connectivity index (χ3n) is 1.52. The Kier molecular flexibility index (Phi) is 7.74. The molecule has 0 aliphatic heterocycles. The molecule has 3 nitrogen and oxygen atoms in total. The molecule has 0 heterocycles. The van der Waals surface area contributed by atoms with E-state index in [1.54, 1.807) is 6.26 Å². The fourth-order valence-corrected chi connectivity index (χ4v) is 0.678. The zero-order chi connectivity index (χ0) is 10.1. The van der Waals surface area contributed by atoms with Gasteiger partial charge < -0.3 is 14.6 Å². The van der Waals surface area contributed by atoms with Crippen LogP contribution in [0.15, 0.2) is 12.3 Å². The molecule has 3 heteroatoms. The van der Waals surface area contributed by atoms with Crippen molar-refractivity contribution in [1.29, 1.82) is 0 Å². The highest BCUT2D eigenvalue weighted by Gasteiger charge is 2.04. The van der Waals surface area contributed by atoms with Crippen LogP contribution in [-0.2, 0) is 9.47 Å². The van der Waals surface area contributed by atoms with E-state index in [0.29, 0.717) is 6.61 Å². The maximum Gasteiger partial charge on any atom is 0.118 e. The molecular weight excluding hydrogens is 168 g/mol. The normalized spacial score (nSPS) is 16.0. The molecule has 0 aliphatic rings. The summed E-state index contributed by atoms with van der Waals surface area (Å²) >= 11 is 0. The van der Waals surface area contributed by atoms with Crippen molar-refractivity contribution in [3.05, 3.63) is 12.3 Å². The molecule has 0 spiro atoms. The second-order valence-electron chi connectivity index (χ2n) is 3.05. The molecule has 0 aromatic carbocycles. The smallest absolute Gasteiger partial charge is 0.118 e. The van der Waals surface area contributed by atoms with Gasteiger partial charge in [0.1, 0.15) is 6.10 Å². The summed E-state index contributed by atoms with van der Waals surface area (Å²) in [5.74, 6) is 0. The molecule has 1 N–H and O–H groups in total. The van der Waals surface area contributed by atoms with Gasteiger partial charge in [-0.15, -0.1) is 0 Å². The van der Waals surface area contributed by atoms with Crippen molar-refractivity contribution in [3.8, 4) is 0 Å². The summed E-state index contributed by atoms with van der Waals surface area (Å²) in [5, 5.41) is 8.68. The van der Waals surface area contributed by atoms with Crippen LogP contribution in [0.3, 0.4) is 0 Å². The van der Waals surface area contributed by atoms with Gasteiger partial charge in [-0.3, -0.25) is 0 Å². The van der Waals surface area contributed by atoms with Gasteiger partial charge in [0.2, 0.25) is 0 Å². The average Bonchev–Trinajstić information content (AvgIpc) is 2.14. The van der Waals surface area contributed by atoms with E-state index in [2.05, 4.69) is 6.92 Å². The average molecular weight is 188 g/mol. The Morgan fingerprint density at radius 1 is 1.31 bits per heavy atom. The number of rotatable bonds is 7. The minimum Gasteiger partial charge on any atom is -0.496 e. The number of allylic oxidation sites excluding steroid dienone is 1. The van der Waals surface area contributed by atoms with Crippen molar-refractivity contribution in [2.75, 3.05) is 13.2 Å². The zero-order valence-electron chi connectivity index (χ0n) is 8.69. The van der Waals surface area contributed by atoms with Gasteiger partial charge >= 0.3 is 0 Å². The Balaban J connectivity index is 3.39. The van der Waals surface area contributed by atoms with Crippen LogP contribution in [0.4, 0.5) is 0 Å². The molecule has 0 fully saturated rings. The molecule has 0 bridgehead atoms. The first-order valence-electron chi connectivity index (χ1n) is 4.73. The van der Waals surface area contributed by atoms with Crippen molar-refractivity contribution in [3.63, 3.8) is 0 Å². The fraction of sp³-hybridized carbons (Fsp3) is 0.800. The Labute approximate surface area is 80.4 Å². The van der Waals surface area contributed by atoms with E-state index in [1.807, 2.05) is 19.9 Å². The molecule has 2 atom stereocenters. The molecule has 2 unspecified atom stereocenters. The van der Waals surface area contributed by atoms with Gasteiger partial charge in [0.25, 0.3) is 0 Å². The Morgan fingerprint density at radius 3 is 2.54 bits per heavy atom. The fourth-order valence-electron chi connectivity index (χ4n) is 0.678. The third kappa shape index (κ3) is 7.81. The van der Waals surface area contributed by atoms with Crippen LogP contribution in [0.2, 0.25) is 0 Å². The second-order valence-corrected chi connectivity index (χ2v) is 3.05.